The molecule has 1 unspecified atom stereocenters. The number of hydrogen-bond acceptors (Lipinski definition) is 6. The third-order valence-electron chi connectivity index (χ3n) is 6.39. The average molecular weight is 515 g/mol. The smallest absolute Gasteiger partial charge is 0.369 e. The van der Waals surface area contributed by atoms with E-state index in [4.69, 9.17) is 0 Å². The Kier molecular flexibility index (Phi) is 7.00. The number of nitrogens with one attached hydrogen (secondary N) is 1. The maximum atomic E-state index is 13.4. The number of carbonyl (C=O) groups is 1. The van der Waals surface area contributed by atoms with E-state index in [1.165, 1.54) is 18.3 Å². The monoisotopic (exact) mass is 514 g/mol. The summed E-state index contributed by atoms with van der Waals surface area (Å²) < 4.78 is 66.1. The van der Waals surface area contributed by atoms with E-state index in [2.05, 4.69) is 19.6 Å². The number of halogens is 3. The lowest BCUT2D eigenvalue weighted by atomic mass is 10.1. The van der Waals surface area contributed by atoms with E-state index in [1.54, 1.807) is 11.0 Å². The van der Waals surface area contributed by atoms with Crippen LogP contribution in [0.25, 0.3) is 0 Å². The Labute approximate surface area is 202 Å². The van der Waals surface area contributed by atoms with E-state index in [1.807, 2.05) is 6.92 Å². The summed E-state index contributed by atoms with van der Waals surface area (Å²) in [6, 6.07) is 5.19. The van der Waals surface area contributed by atoms with Crippen molar-refractivity contribution in [1.82, 2.24) is 19.6 Å². The van der Waals surface area contributed by atoms with Gasteiger partial charge in [0, 0.05) is 63.3 Å². The van der Waals surface area contributed by atoms with Crippen LogP contribution in [0.3, 0.4) is 0 Å². The topological polar surface area (TPSA) is 90.8 Å². The number of rotatable bonds is 5. The minimum atomic E-state index is -4.40. The number of aromatic nitrogens is 2. The molecule has 0 spiro atoms. The Morgan fingerprint density at radius 3 is 2.46 bits per heavy atom. The zero-order valence-electron chi connectivity index (χ0n) is 19.6. The van der Waals surface area contributed by atoms with Crippen LogP contribution in [-0.4, -0.2) is 79.1 Å². The van der Waals surface area contributed by atoms with E-state index in [9.17, 15) is 26.4 Å². The first-order chi connectivity index (χ1) is 16.4. The van der Waals surface area contributed by atoms with Gasteiger partial charge in [0.05, 0.1) is 11.8 Å². The van der Waals surface area contributed by atoms with Crippen LogP contribution in [0.1, 0.15) is 30.9 Å². The molecule has 0 saturated carbocycles. The number of sulfonamides is 1. The van der Waals surface area contributed by atoms with Gasteiger partial charge in [0.1, 0.15) is 0 Å². The van der Waals surface area contributed by atoms with Crippen LogP contribution >= 0.6 is 0 Å². The highest BCUT2D eigenvalue weighted by Crippen LogP contribution is 2.36. The number of alkyl halides is 3. The minimum absolute atomic E-state index is 0.0606. The van der Waals surface area contributed by atoms with Crippen LogP contribution in [0.4, 0.5) is 29.5 Å². The predicted octanol–water partition coefficient (Wildman–Crippen LogP) is 3.05. The zero-order valence-corrected chi connectivity index (χ0v) is 20.4. The summed E-state index contributed by atoms with van der Waals surface area (Å²) in [5.41, 5.74) is 0.829. The van der Waals surface area contributed by atoms with Crippen molar-refractivity contribution in [3.05, 3.63) is 41.6 Å². The molecule has 192 valence electrons. The second-order valence-corrected chi connectivity index (χ2v) is 10.8. The van der Waals surface area contributed by atoms with Gasteiger partial charge in [-0.15, -0.1) is 5.10 Å². The fourth-order valence-corrected chi connectivity index (χ4v) is 5.08. The van der Waals surface area contributed by atoms with Crippen LogP contribution in [-0.2, 0) is 22.7 Å². The molecule has 9 nitrogen and oxygen atoms in total. The van der Waals surface area contributed by atoms with Crippen LogP contribution in [0.15, 0.2) is 30.5 Å². The Hall–Kier alpha value is -2.80. The van der Waals surface area contributed by atoms with Crippen LogP contribution in [0, 0.1) is 0 Å². The first kappa shape index (κ1) is 25.3. The molecule has 0 bridgehead atoms. The van der Waals surface area contributed by atoms with Gasteiger partial charge in [0.15, 0.2) is 5.82 Å². The van der Waals surface area contributed by atoms with E-state index in [-0.39, 0.29) is 17.9 Å². The molecule has 1 aromatic carbocycles. The molecule has 3 heterocycles. The van der Waals surface area contributed by atoms with Crippen LogP contribution < -0.4 is 9.62 Å². The normalized spacial score (nSPS) is 19.9. The molecule has 2 fully saturated rings. The van der Waals surface area contributed by atoms with E-state index in [0.717, 1.165) is 42.0 Å². The molecule has 13 heteroatoms. The molecule has 0 radical (unpaired) electrons. The molecule has 2 aliphatic heterocycles. The maximum absolute atomic E-state index is 13.4. The number of anilines is 2. The average Bonchev–Trinajstić information content (AvgIpc) is 3.41. The first-order valence-corrected chi connectivity index (χ1v) is 13.3. The molecule has 2 aromatic rings. The SMILES string of the molecule is CC1CCCN1c1cc(C(F)(F)F)ccc1CN1CCN(C(=O)n2ccc(NS(C)(=O)=O)n2)CC1. The summed E-state index contributed by atoms with van der Waals surface area (Å²) in [4.78, 5) is 18.6. The van der Waals surface area contributed by atoms with Crippen molar-refractivity contribution in [1.29, 1.82) is 0 Å². The summed E-state index contributed by atoms with van der Waals surface area (Å²) in [5.74, 6) is 0.0606. The van der Waals surface area contributed by atoms with Crippen molar-refractivity contribution in [2.75, 3.05) is 48.6 Å². The third kappa shape index (κ3) is 6.07. The highest BCUT2D eigenvalue weighted by Gasteiger charge is 2.33. The van der Waals surface area contributed by atoms with Crippen molar-refractivity contribution < 1.29 is 26.4 Å². The molecular weight excluding hydrogens is 485 g/mol. The molecule has 1 N–H and O–H groups in total. The van der Waals surface area contributed by atoms with Crippen LogP contribution in [0.2, 0.25) is 0 Å². The summed E-state index contributed by atoms with van der Waals surface area (Å²) in [6.45, 7) is 5.20. The largest absolute Gasteiger partial charge is 0.416 e. The summed E-state index contributed by atoms with van der Waals surface area (Å²) in [5, 5.41) is 3.97. The Balaban J connectivity index is 1.42. The van der Waals surface area contributed by atoms with Gasteiger partial charge in [-0.05, 0) is 37.5 Å². The van der Waals surface area contributed by atoms with Gasteiger partial charge >= 0.3 is 12.2 Å². The standard InChI is InChI=1S/C22H29F3N6O3S/c1-16-4-3-8-30(16)19-14-18(22(23,24)25)6-5-17(19)15-28-10-12-29(13-11-28)21(32)31-9-7-20(26-31)27-35(2,33)34/h5-7,9,14,16H,3-4,8,10-13,15H2,1-2H3,(H,26,27). The van der Waals surface area contributed by atoms with Gasteiger partial charge in [0.25, 0.3) is 0 Å². The van der Waals surface area contributed by atoms with Gasteiger partial charge in [-0.2, -0.15) is 17.9 Å². The number of piperazine rings is 1. The molecular formula is C22H29F3N6O3S. The van der Waals surface area contributed by atoms with Gasteiger partial charge in [-0.3, -0.25) is 9.62 Å². The molecule has 0 aliphatic carbocycles. The lowest BCUT2D eigenvalue weighted by Gasteiger charge is -2.35. The number of hydrogen-bond donors (Lipinski definition) is 1. The molecule has 1 atom stereocenters. The van der Waals surface area contributed by atoms with Gasteiger partial charge in [-0.1, -0.05) is 6.07 Å². The lowest BCUT2D eigenvalue weighted by Crippen LogP contribution is -2.49. The minimum Gasteiger partial charge on any atom is -0.369 e. The summed E-state index contributed by atoms with van der Waals surface area (Å²) in [7, 11) is -3.50. The van der Waals surface area contributed by atoms with E-state index < -0.39 is 21.8 Å². The van der Waals surface area contributed by atoms with Gasteiger partial charge in [0.2, 0.25) is 10.0 Å². The highest BCUT2D eigenvalue weighted by atomic mass is 32.2. The fraction of sp³-hybridized carbons (Fsp3) is 0.545. The number of nitrogens with zero attached hydrogens (tertiary/aromatic N) is 5. The second-order valence-electron chi connectivity index (χ2n) is 9.09. The Bertz CT molecular complexity index is 1180. The van der Waals surface area contributed by atoms with E-state index >= 15 is 0 Å². The zero-order chi connectivity index (χ0) is 25.4. The van der Waals surface area contributed by atoms with Gasteiger partial charge in [-0.25, -0.2) is 13.2 Å². The molecule has 2 saturated heterocycles. The quantitative estimate of drug-likeness (QED) is 0.660. The number of amides is 1. The van der Waals surface area contributed by atoms with Crippen molar-refractivity contribution in [3.8, 4) is 0 Å². The predicted molar refractivity (Wildman–Crippen MR) is 126 cm³/mol. The first-order valence-electron chi connectivity index (χ1n) is 11.4. The van der Waals surface area contributed by atoms with E-state index in [0.29, 0.717) is 38.4 Å². The van der Waals surface area contributed by atoms with Crippen molar-refractivity contribution in [2.24, 2.45) is 0 Å². The number of carbonyl (C=O) groups excluding carboxylic acids is 1. The Morgan fingerprint density at radius 1 is 1.14 bits per heavy atom. The fourth-order valence-electron chi connectivity index (χ4n) is 4.59. The molecule has 1 amide bonds. The highest BCUT2D eigenvalue weighted by molar-refractivity contribution is 7.92. The Morgan fingerprint density at radius 2 is 1.86 bits per heavy atom. The molecule has 35 heavy (non-hydrogen) atoms. The summed E-state index contributed by atoms with van der Waals surface area (Å²) >= 11 is 0. The second kappa shape index (κ2) is 9.69. The lowest BCUT2D eigenvalue weighted by molar-refractivity contribution is -0.137. The molecule has 2 aliphatic rings. The molecule has 1 aromatic heterocycles. The third-order valence-corrected chi connectivity index (χ3v) is 6.97. The van der Waals surface area contributed by atoms with Crippen molar-refractivity contribution in [3.63, 3.8) is 0 Å². The maximum Gasteiger partial charge on any atom is 0.416 e. The molecule has 4 rings (SSSR count). The summed E-state index contributed by atoms with van der Waals surface area (Å²) in [6.07, 6.45) is -0.101. The van der Waals surface area contributed by atoms with Gasteiger partial charge < -0.3 is 9.80 Å². The number of benzene rings is 1. The van der Waals surface area contributed by atoms with Crippen molar-refractivity contribution >= 4 is 27.6 Å². The van der Waals surface area contributed by atoms with Crippen molar-refractivity contribution in [2.45, 2.75) is 38.5 Å². The van der Waals surface area contributed by atoms with Crippen LogP contribution in [0.5, 0.6) is 0 Å².